The van der Waals surface area contributed by atoms with Crippen LogP contribution in [0.5, 0.6) is 0 Å². The molecule has 2 aromatic rings. The van der Waals surface area contributed by atoms with Crippen molar-refractivity contribution in [2.45, 2.75) is 4.90 Å². The molecule has 7 nitrogen and oxygen atoms in total. The van der Waals surface area contributed by atoms with Gasteiger partial charge in [0.1, 0.15) is 5.76 Å². The van der Waals surface area contributed by atoms with Gasteiger partial charge in [0.25, 0.3) is 15.8 Å². The number of sulfonamides is 1. The van der Waals surface area contributed by atoms with E-state index >= 15 is 0 Å². The molecule has 0 heterocycles. The van der Waals surface area contributed by atoms with E-state index in [0.717, 1.165) is 0 Å². The minimum absolute atomic E-state index is 0.0498. The van der Waals surface area contributed by atoms with Crippen molar-refractivity contribution in [3.8, 4) is 0 Å². The summed E-state index contributed by atoms with van der Waals surface area (Å²) in [6.07, 6.45) is 0.535. The van der Waals surface area contributed by atoms with Crippen LogP contribution in [0.25, 0.3) is 5.76 Å². The van der Waals surface area contributed by atoms with Crippen molar-refractivity contribution < 1.29 is 28.2 Å². The Hall–Kier alpha value is -2.84. The lowest BCUT2D eigenvalue weighted by molar-refractivity contribution is -0.146. The second-order valence-electron chi connectivity index (χ2n) is 4.84. The van der Waals surface area contributed by atoms with Crippen LogP contribution in [0.15, 0.2) is 59.5 Å². The number of benzene rings is 2. The Kier molecular flexibility index (Phi) is 5.45. The Morgan fingerprint density at radius 2 is 1.72 bits per heavy atom. The predicted octanol–water partition coefficient (Wildman–Crippen LogP) is 2.69. The van der Waals surface area contributed by atoms with E-state index in [1.807, 2.05) is 0 Å². The highest BCUT2D eigenvalue weighted by Crippen LogP contribution is 2.22. The van der Waals surface area contributed by atoms with E-state index in [-0.39, 0.29) is 21.2 Å². The van der Waals surface area contributed by atoms with Crippen molar-refractivity contribution in [2.24, 2.45) is 0 Å². The standard InChI is InChI=1S/C16H12ClNO6S/c17-11-4-2-6-13(8-11)25(23,24)18-12-5-1-3-10(7-12)14(19)9-15(20)16(21)22/h1-9,18-19H,(H,21,22). The quantitative estimate of drug-likeness (QED) is 0.402. The summed E-state index contributed by atoms with van der Waals surface area (Å²) in [6.45, 7) is 0. The van der Waals surface area contributed by atoms with Gasteiger partial charge in [-0.1, -0.05) is 29.8 Å². The number of carboxylic acids is 1. The second kappa shape index (κ2) is 7.37. The van der Waals surface area contributed by atoms with Crippen LogP contribution in [0, 0.1) is 0 Å². The van der Waals surface area contributed by atoms with Gasteiger partial charge in [-0.15, -0.1) is 0 Å². The summed E-state index contributed by atoms with van der Waals surface area (Å²) in [5.74, 6) is -3.62. The van der Waals surface area contributed by atoms with Crippen LogP contribution >= 0.6 is 11.6 Å². The van der Waals surface area contributed by atoms with Crippen LogP contribution in [-0.4, -0.2) is 30.4 Å². The number of carbonyl (C=O) groups is 2. The number of rotatable bonds is 6. The first-order valence-electron chi connectivity index (χ1n) is 6.76. The van der Waals surface area contributed by atoms with Gasteiger partial charge in [-0.2, -0.15) is 0 Å². The van der Waals surface area contributed by atoms with Crippen molar-refractivity contribution >= 4 is 44.8 Å². The topological polar surface area (TPSA) is 121 Å². The number of carboxylic acid groups (broad SMARTS) is 1. The molecule has 0 aliphatic carbocycles. The summed E-state index contributed by atoms with van der Waals surface area (Å²) in [4.78, 5) is 21.5. The molecule has 2 aromatic carbocycles. The third-order valence-electron chi connectivity index (χ3n) is 3.00. The van der Waals surface area contributed by atoms with E-state index in [2.05, 4.69) is 4.72 Å². The van der Waals surface area contributed by atoms with Crippen molar-refractivity contribution in [2.75, 3.05) is 4.72 Å². The van der Waals surface area contributed by atoms with Crippen molar-refractivity contribution in [1.82, 2.24) is 0 Å². The summed E-state index contributed by atoms with van der Waals surface area (Å²) < 4.78 is 27.0. The molecule has 0 aromatic heterocycles. The molecule has 0 aliphatic rings. The van der Waals surface area contributed by atoms with Crippen molar-refractivity contribution in [3.05, 3.63) is 65.2 Å². The Morgan fingerprint density at radius 3 is 2.36 bits per heavy atom. The van der Waals surface area contributed by atoms with Gasteiger partial charge in [0, 0.05) is 22.3 Å². The molecule has 0 fully saturated rings. The number of aliphatic carboxylic acids is 1. The highest BCUT2D eigenvalue weighted by Gasteiger charge is 2.15. The minimum atomic E-state index is -3.91. The number of hydrogen-bond acceptors (Lipinski definition) is 5. The molecule has 0 saturated carbocycles. The van der Waals surface area contributed by atoms with Crippen LogP contribution in [0.1, 0.15) is 5.56 Å². The van der Waals surface area contributed by atoms with Crippen LogP contribution in [0.4, 0.5) is 5.69 Å². The van der Waals surface area contributed by atoms with Gasteiger partial charge in [0.05, 0.1) is 4.90 Å². The first-order valence-corrected chi connectivity index (χ1v) is 8.62. The second-order valence-corrected chi connectivity index (χ2v) is 6.96. The zero-order valence-electron chi connectivity index (χ0n) is 12.5. The number of ketones is 1. The molecule has 0 aliphatic heterocycles. The highest BCUT2D eigenvalue weighted by atomic mass is 35.5. The first kappa shape index (κ1) is 18.5. The molecule has 3 N–H and O–H groups in total. The molecule has 0 unspecified atom stereocenters. The van der Waals surface area contributed by atoms with E-state index in [9.17, 15) is 23.1 Å². The predicted molar refractivity (Wildman–Crippen MR) is 92.0 cm³/mol. The van der Waals surface area contributed by atoms with E-state index in [0.29, 0.717) is 6.08 Å². The molecule has 0 atom stereocenters. The van der Waals surface area contributed by atoms with Crippen molar-refractivity contribution in [3.63, 3.8) is 0 Å². The number of halogens is 1. The maximum Gasteiger partial charge on any atom is 0.376 e. The summed E-state index contributed by atoms with van der Waals surface area (Å²) in [7, 11) is -3.91. The highest BCUT2D eigenvalue weighted by molar-refractivity contribution is 7.92. The molecule has 130 valence electrons. The number of carbonyl (C=O) groups excluding carboxylic acids is 1. The van der Waals surface area contributed by atoms with E-state index in [1.54, 1.807) is 0 Å². The molecule has 9 heteroatoms. The lowest BCUT2D eigenvalue weighted by atomic mass is 10.1. The maximum absolute atomic E-state index is 12.3. The van der Waals surface area contributed by atoms with Gasteiger partial charge >= 0.3 is 5.97 Å². The minimum Gasteiger partial charge on any atom is -0.507 e. The van der Waals surface area contributed by atoms with Crippen molar-refractivity contribution in [1.29, 1.82) is 0 Å². The van der Waals surface area contributed by atoms with Crippen LogP contribution in [0.2, 0.25) is 5.02 Å². The third kappa shape index (κ3) is 4.82. The fourth-order valence-electron chi connectivity index (χ4n) is 1.86. The number of hydrogen-bond donors (Lipinski definition) is 3. The molecule has 0 bridgehead atoms. The molecular formula is C16H12ClNO6S. The van der Waals surface area contributed by atoms with Gasteiger partial charge in [0.2, 0.25) is 0 Å². The van der Waals surface area contributed by atoms with Gasteiger partial charge < -0.3 is 10.2 Å². The molecule has 0 radical (unpaired) electrons. The fourth-order valence-corrected chi connectivity index (χ4v) is 3.21. The Bertz CT molecular complexity index is 968. The number of aliphatic hydroxyl groups is 1. The van der Waals surface area contributed by atoms with E-state index in [4.69, 9.17) is 16.7 Å². The van der Waals surface area contributed by atoms with E-state index < -0.39 is 27.5 Å². The van der Waals surface area contributed by atoms with Crippen LogP contribution in [0.3, 0.4) is 0 Å². The number of anilines is 1. The fraction of sp³-hybridized carbons (Fsp3) is 0. The van der Waals surface area contributed by atoms with Gasteiger partial charge in [-0.3, -0.25) is 9.52 Å². The number of nitrogens with one attached hydrogen (secondary N) is 1. The lowest BCUT2D eigenvalue weighted by Crippen LogP contribution is -2.13. The van der Waals surface area contributed by atoms with Gasteiger partial charge in [-0.25, -0.2) is 13.2 Å². The molecule has 0 spiro atoms. The summed E-state index contributed by atoms with van der Waals surface area (Å²) in [5.41, 5.74) is 0.182. The normalized spacial score (nSPS) is 11.8. The Morgan fingerprint density at radius 1 is 1.04 bits per heavy atom. The maximum atomic E-state index is 12.3. The largest absolute Gasteiger partial charge is 0.507 e. The van der Waals surface area contributed by atoms with Crippen LogP contribution < -0.4 is 4.72 Å². The average Bonchev–Trinajstić information content (AvgIpc) is 2.54. The summed E-state index contributed by atoms with van der Waals surface area (Å²) >= 11 is 5.78. The van der Waals surface area contributed by atoms with Gasteiger partial charge in [-0.05, 0) is 30.3 Å². The first-order chi connectivity index (χ1) is 11.7. The Balaban J connectivity index is 2.30. The zero-order valence-corrected chi connectivity index (χ0v) is 14.1. The molecule has 0 amide bonds. The Labute approximate surface area is 148 Å². The molecule has 25 heavy (non-hydrogen) atoms. The SMILES string of the molecule is O=C(O)C(=O)C=C(O)c1cccc(NS(=O)(=O)c2cccc(Cl)c2)c1. The smallest absolute Gasteiger partial charge is 0.376 e. The van der Waals surface area contributed by atoms with E-state index in [1.165, 1.54) is 48.5 Å². The lowest BCUT2D eigenvalue weighted by Gasteiger charge is -2.09. The molecule has 2 rings (SSSR count). The molecular weight excluding hydrogens is 370 g/mol. The van der Waals surface area contributed by atoms with Crippen LogP contribution in [-0.2, 0) is 19.6 Å². The zero-order chi connectivity index (χ0) is 18.6. The average molecular weight is 382 g/mol. The summed E-state index contributed by atoms with van der Waals surface area (Å²) in [6, 6.07) is 11.2. The monoisotopic (exact) mass is 381 g/mol. The summed E-state index contributed by atoms with van der Waals surface area (Å²) in [5, 5.41) is 18.6. The number of aliphatic hydroxyl groups excluding tert-OH is 1. The molecule has 0 saturated heterocycles. The van der Waals surface area contributed by atoms with Gasteiger partial charge in [0.15, 0.2) is 0 Å². The third-order valence-corrected chi connectivity index (χ3v) is 4.61.